The minimum Gasteiger partial charge on any atom is -0.349 e. The molecule has 24 atom stereocenters. The van der Waals surface area contributed by atoms with Gasteiger partial charge in [0.1, 0.15) is 0 Å². The highest BCUT2D eigenvalue weighted by Gasteiger charge is 2.71. The van der Waals surface area contributed by atoms with Crippen LogP contribution in [0.25, 0.3) is 0 Å². The van der Waals surface area contributed by atoms with Gasteiger partial charge >= 0.3 is 0 Å². The minimum absolute atomic E-state index is 0. The van der Waals surface area contributed by atoms with Crippen LogP contribution < -0.4 is 0 Å². The monoisotopic (exact) mass is 921 g/mol. The van der Waals surface area contributed by atoms with Crippen molar-refractivity contribution in [2.75, 3.05) is 13.2 Å². The number of fused-ring (bicyclic) bond motifs is 14. The average Bonchev–Trinajstić information content (AvgIpc) is 3.94. The Morgan fingerprint density at radius 3 is 1.06 bits per heavy atom. The fourth-order valence-corrected chi connectivity index (χ4v) is 21.0. The van der Waals surface area contributed by atoms with Gasteiger partial charge in [-0.2, -0.15) is 0 Å². The molecule has 4 saturated heterocycles. The molecule has 8 saturated carbocycles. The minimum atomic E-state index is -0.254. The van der Waals surface area contributed by atoms with Gasteiger partial charge in [-0.15, -0.1) is 0 Å². The number of hydrogen-bond donors (Lipinski definition) is 0. The lowest BCUT2D eigenvalue weighted by Gasteiger charge is -2.61. The quantitative estimate of drug-likeness (QED) is 0.243. The fraction of sp³-hybridized carbons (Fsp3) is 1.00. The third-order valence-electron chi connectivity index (χ3n) is 24.4. The summed E-state index contributed by atoms with van der Waals surface area (Å²) in [5.74, 6) is 13.0. The van der Waals surface area contributed by atoms with Gasteiger partial charge in [-0.1, -0.05) is 125 Å². The zero-order chi connectivity index (χ0) is 45.8. The molecule has 0 radical (unpaired) electrons. The van der Waals surface area contributed by atoms with Crippen LogP contribution in [0.15, 0.2) is 0 Å². The van der Waals surface area contributed by atoms with Gasteiger partial charge in [0.05, 0.1) is 25.4 Å². The van der Waals surface area contributed by atoms with E-state index in [1.54, 1.807) is 0 Å². The summed E-state index contributed by atoms with van der Waals surface area (Å²) in [6.45, 7) is 35.2. The van der Waals surface area contributed by atoms with Crippen molar-refractivity contribution in [1.29, 1.82) is 0 Å². The Morgan fingerprint density at radius 2 is 0.712 bits per heavy atom. The van der Waals surface area contributed by atoms with Crippen LogP contribution in [0.3, 0.4) is 0 Å². The van der Waals surface area contributed by atoms with Crippen LogP contribution >= 0.6 is 0 Å². The van der Waals surface area contributed by atoms with E-state index < -0.39 is 0 Å². The van der Waals surface area contributed by atoms with Crippen molar-refractivity contribution in [2.24, 2.45) is 116 Å². The first-order valence-electron chi connectivity index (χ1n) is 29.2. The normalized spacial score (nSPS) is 57.0. The van der Waals surface area contributed by atoms with Crippen molar-refractivity contribution in [2.45, 2.75) is 264 Å². The first kappa shape index (κ1) is 53.6. The molecule has 0 aromatic rings. The van der Waals surface area contributed by atoms with Crippen LogP contribution in [0.5, 0.6) is 0 Å². The second kappa shape index (κ2) is 19.7. The molecule has 0 unspecified atom stereocenters. The van der Waals surface area contributed by atoms with E-state index >= 15 is 0 Å². The van der Waals surface area contributed by atoms with Gasteiger partial charge in [-0.05, 0) is 207 Å². The summed E-state index contributed by atoms with van der Waals surface area (Å²) in [5.41, 5.74) is 2.22. The molecule has 4 heterocycles. The summed E-state index contributed by atoms with van der Waals surface area (Å²) in [7, 11) is 0. The molecule has 12 fully saturated rings. The lowest BCUT2D eigenvalue weighted by molar-refractivity contribution is -0.273. The molecule has 12 aliphatic rings. The Hall–Kier alpha value is -0.160. The van der Waals surface area contributed by atoms with Gasteiger partial charge in [-0.25, -0.2) is 0 Å². The Kier molecular flexibility index (Phi) is 16.0. The third-order valence-corrected chi connectivity index (χ3v) is 24.4. The van der Waals surface area contributed by atoms with Crippen LogP contribution in [0.1, 0.15) is 240 Å². The van der Waals surface area contributed by atoms with E-state index in [4.69, 9.17) is 18.9 Å². The van der Waals surface area contributed by atoms with Crippen molar-refractivity contribution < 1.29 is 18.9 Å². The van der Waals surface area contributed by atoms with Crippen molar-refractivity contribution in [3.8, 4) is 0 Å². The summed E-state index contributed by atoms with van der Waals surface area (Å²) in [5, 5.41) is 0. The van der Waals surface area contributed by atoms with Gasteiger partial charge in [0.2, 0.25) is 0 Å². The SMILES string of the molecule is C.C.CC.CC.C[C@@H]1CC[C@@]2(C)[C@H](CC[C@@H]3[C@@H]2CC[C@]2(C)[C@@H]4[C@H](C[C@@H]32)O[C@]2(CC[C@H](C)CO2)[C@H]4C)C1.C[C@H]1CC[C@@]2(OC1)O[C@H]1C[C@H]3[C@@H]4CC[C@@H]5C[C@@H](C)CC[C@]5(C)[C@H]4CC[C@]3(C)[C@H]1[C@@H]2C. The molecule has 0 aromatic carbocycles. The van der Waals surface area contributed by atoms with E-state index in [0.29, 0.717) is 69.4 Å². The number of hydrogen-bond acceptors (Lipinski definition) is 4. The molecule has 384 valence electrons. The van der Waals surface area contributed by atoms with Gasteiger partial charge in [0.15, 0.2) is 11.6 Å². The smallest absolute Gasteiger partial charge is 0.171 e. The summed E-state index contributed by atoms with van der Waals surface area (Å²) in [6, 6.07) is 0. The summed E-state index contributed by atoms with van der Waals surface area (Å²) >= 11 is 0. The highest BCUT2D eigenvalue weighted by Crippen LogP contribution is 2.73. The van der Waals surface area contributed by atoms with Crippen LogP contribution in [0, 0.1) is 116 Å². The van der Waals surface area contributed by atoms with Crippen LogP contribution in [-0.4, -0.2) is 37.0 Å². The van der Waals surface area contributed by atoms with Gasteiger partial charge in [0, 0.05) is 24.7 Å². The molecule has 0 aromatic heterocycles. The fourth-order valence-electron chi connectivity index (χ4n) is 21.0. The summed E-state index contributed by atoms with van der Waals surface area (Å²) < 4.78 is 26.9. The Morgan fingerprint density at radius 1 is 0.364 bits per heavy atom. The van der Waals surface area contributed by atoms with E-state index in [1.807, 2.05) is 27.7 Å². The molecular weight excluding hydrogens is 809 g/mol. The highest BCUT2D eigenvalue weighted by molar-refractivity contribution is 5.17. The second-order valence-corrected chi connectivity index (χ2v) is 27.1. The van der Waals surface area contributed by atoms with E-state index in [-0.39, 0.29) is 26.4 Å². The van der Waals surface area contributed by atoms with Crippen molar-refractivity contribution in [1.82, 2.24) is 0 Å². The molecule has 0 N–H and O–H groups in total. The van der Waals surface area contributed by atoms with Crippen LogP contribution in [-0.2, 0) is 18.9 Å². The molecule has 12 rings (SSSR count). The molecule has 66 heavy (non-hydrogen) atoms. The standard InChI is InChI=1S/2C28H46O2.2C2H6.2CH4/c2*1-17-8-11-26(4)20(14-17)6-7-21-22(26)10-12-27(5)23(21)15-24-25(27)19(3)28(30-24)13-9-18(2)16-29-28;2*1-2;;/h2*17-25H,6-16H2,1-5H3;2*1-2H3;2*1H4/t17-,18+,19+,20-,21-,22+,23+,24+,25+,26+,27+,28-;17-,18-,19-,20+,21+,22-,23-,24-,25-,26-,27-,28+;;;;/m10..../s1. The zero-order valence-corrected chi connectivity index (χ0v) is 44.6. The summed E-state index contributed by atoms with van der Waals surface area (Å²) in [6.07, 6.45) is 29.2. The predicted molar refractivity (Wildman–Crippen MR) is 278 cm³/mol. The van der Waals surface area contributed by atoms with Crippen LogP contribution in [0.4, 0.5) is 0 Å². The van der Waals surface area contributed by atoms with E-state index in [9.17, 15) is 0 Å². The molecule has 4 heteroatoms. The average molecular weight is 922 g/mol. The van der Waals surface area contributed by atoms with Crippen molar-refractivity contribution in [3.63, 3.8) is 0 Å². The van der Waals surface area contributed by atoms with Crippen molar-refractivity contribution >= 4 is 0 Å². The zero-order valence-electron chi connectivity index (χ0n) is 44.6. The van der Waals surface area contributed by atoms with Crippen LogP contribution in [0.2, 0.25) is 0 Å². The maximum Gasteiger partial charge on any atom is 0.171 e. The van der Waals surface area contributed by atoms with Gasteiger partial charge in [0.25, 0.3) is 0 Å². The lowest BCUT2D eigenvalue weighted by Crippen LogP contribution is -2.54. The molecule has 4 aliphatic heterocycles. The molecule has 4 nitrogen and oxygen atoms in total. The molecular formula is C62H112O4. The molecule has 0 amide bonds. The molecule has 2 spiro atoms. The number of rotatable bonds is 0. The predicted octanol–water partition coefficient (Wildman–Crippen LogP) is 17.5. The maximum atomic E-state index is 6.93. The largest absolute Gasteiger partial charge is 0.349 e. The summed E-state index contributed by atoms with van der Waals surface area (Å²) in [4.78, 5) is 0. The maximum absolute atomic E-state index is 6.93. The molecule has 0 bridgehead atoms. The van der Waals surface area contributed by atoms with Gasteiger partial charge < -0.3 is 18.9 Å². The second-order valence-electron chi connectivity index (χ2n) is 27.1. The Bertz CT molecular complexity index is 1480. The topological polar surface area (TPSA) is 36.9 Å². The Balaban J connectivity index is 0.000000178. The van der Waals surface area contributed by atoms with Gasteiger partial charge in [-0.3, -0.25) is 0 Å². The van der Waals surface area contributed by atoms with E-state index in [2.05, 4.69) is 69.2 Å². The highest BCUT2D eigenvalue weighted by atomic mass is 16.7. The first-order valence-corrected chi connectivity index (χ1v) is 29.2. The van der Waals surface area contributed by atoms with E-state index in [0.717, 1.165) is 85.2 Å². The third kappa shape index (κ3) is 8.15. The van der Waals surface area contributed by atoms with Crippen molar-refractivity contribution in [3.05, 3.63) is 0 Å². The molecule has 8 aliphatic carbocycles. The first-order chi connectivity index (χ1) is 30.5. The Labute approximate surface area is 410 Å². The van der Waals surface area contributed by atoms with E-state index in [1.165, 1.54) is 116 Å². The lowest BCUT2D eigenvalue weighted by atomic mass is 9.44. The number of ether oxygens (including phenoxy) is 4.